The molecule has 0 spiro atoms. The topological polar surface area (TPSA) is 0 Å². The molecular weight excluding hydrogens is 226 g/mol. The van der Waals surface area contributed by atoms with Gasteiger partial charge >= 0.3 is 0 Å². The predicted octanol–water partition coefficient (Wildman–Crippen LogP) is 5.97. The Hall–Kier alpha value is 0.130. The van der Waals surface area contributed by atoms with Crippen molar-refractivity contribution in [2.24, 2.45) is 16.2 Å². The largest absolute Gasteiger partial charge is 0.110 e. The van der Waals surface area contributed by atoms with Crippen LogP contribution in [0.25, 0.3) is 0 Å². The van der Waals surface area contributed by atoms with Gasteiger partial charge in [0, 0.05) is 0 Å². The Morgan fingerprint density at radius 3 is 2.00 bits per heavy atom. The Kier molecular flexibility index (Phi) is 5.30. The molecule has 0 bridgehead atoms. The van der Waals surface area contributed by atoms with Crippen molar-refractivity contribution in [2.45, 2.75) is 93.5 Å². The van der Waals surface area contributed by atoms with E-state index in [1.54, 1.807) is 0 Å². The van der Waals surface area contributed by atoms with Gasteiger partial charge in [0.1, 0.15) is 13.2 Å². The van der Waals surface area contributed by atoms with Crippen LogP contribution in [0.2, 0.25) is 25.3 Å². The van der Waals surface area contributed by atoms with Gasteiger partial charge in [0.2, 0.25) is 0 Å². The second-order valence-corrected chi connectivity index (χ2v) is 8.86. The summed E-state index contributed by atoms with van der Waals surface area (Å²) < 4.78 is 0. The second-order valence-electron chi connectivity index (χ2n) is 8.86. The third kappa shape index (κ3) is 3.61. The van der Waals surface area contributed by atoms with Crippen molar-refractivity contribution in [3.8, 4) is 0 Å². The molecule has 0 nitrogen and oxygen atoms in total. The Morgan fingerprint density at radius 2 is 1.63 bits per heavy atom. The van der Waals surface area contributed by atoms with Crippen molar-refractivity contribution < 1.29 is 0 Å². The summed E-state index contributed by atoms with van der Waals surface area (Å²) in [6, 6.07) is 0. The predicted molar refractivity (Wildman–Crippen MR) is 92.7 cm³/mol. The molecule has 1 fully saturated rings. The maximum atomic E-state index is 2.53. The first-order valence-electron chi connectivity index (χ1n) is 8.61. The van der Waals surface area contributed by atoms with Crippen LogP contribution in [0.3, 0.4) is 0 Å². The van der Waals surface area contributed by atoms with E-state index in [4.69, 9.17) is 0 Å². The molecule has 0 aliphatic carbocycles. The average molecular weight is 262 g/mol. The maximum Gasteiger partial charge on any atom is 0.110 e. The van der Waals surface area contributed by atoms with Crippen molar-refractivity contribution in [1.82, 2.24) is 0 Å². The number of hydrogen-bond acceptors (Lipinski definition) is 0. The van der Waals surface area contributed by atoms with E-state index >= 15 is 0 Å². The normalized spacial score (nSPS) is 26.8. The lowest BCUT2D eigenvalue weighted by molar-refractivity contribution is 0.146. The van der Waals surface area contributed by atoms with E-state index in [2.05, 4.69) is 55.4 Å². The zero-order chi connectivity index (χ0) is 14.9. The Morgan fingerprint density at radius 1 is 1.05 bits per heavy atom. The minimum Gasteiger partial charge on any atom is -0.0831 e. The van der Waals surface area contributed by atoms with Crippen LogP contribution >= 0.6 is 0 Å². The van der Waals surface area contributed by atoms with Crippen LogP contribution in [0.4, 0.5) is 0 Å². The molecular formula is C17H36B2. The second kappa shape index (κ2) is 5.86. The van der Waals surface area contributed by atoms with Crippen LogP contribution in [0, 0.1) is 16.2 Å². The van der Waals surface area contributed by atoms with Crippen molar-refractivity contribution in [3.05, 3.63) is 0 Å². The van der Waals surface area contributed by atoms with Crippen molar-refractivity contribution in [3.63, 3.8) is 0 Å². The molecule has 0 aromatic rings. The van der Waals surface area contributed by atoms with Gasteiger partial charge in [0.15, 0.2) is 0 Å². The molecule has 0 aromatic heterocycles. The van der Waals surface area contributed by atoms with Gasteiger partial charge in [-0.3, -0.25) is 0 Å². The summed E-state index contributed by atoms with van der Waals surface area (Å²) in [6.07, 6.45) is 8.32. The fraction of sp³-hybridized carbons (Fsp3) is 1.00. The molecule has 19 heavy (non-hydrogen) atoms. The summed E-state index contributed by atoms with van der Waals surface area (Å²) >= 11 is 0. The molecule has 0 radical (unpaired) electrons. The minimum atomic E-state index is 0.524. The standard InChI is InChI=1S/C17H36B2/c1-9-15(4,5)12-18(11-3)19-13-16(6,7)17(8,10-2)14-19/h9-14H2,1-8H3. The summed E-state index contributed by atoms with van der Waals surface area (Å²) in [5, 5.41) is 0. The SMILES string of the molecule is CCB(CC(C)(C)CC)B1CC(C)(C)C(C)(CC)C1. The molecule has 0 N–H and O–H groups in total. The summed E-state index contributed by atoms with van der Waals surface area (Å²) in [4.78, 5) is 0. The highest BCUT2D eigenvalue weighted by Crippen LogP contribution is 2.56. The van der Waals surface area contributed by atoms with Gasteiger partial charge < -0.3 is 0 Å². The van der Waals surface area contributed by atoms with Gasteiger partial charge in [-0.25, -0.2) is 0 Å². The lowest BCUT2D eigenvalue weighted by atomic mass is 9.04. The zero-order valence-corrected chi connectivity index (χ0v) is 14.9. The van der Waals surface area contributed by atoms with Crippen molar-refractivity contribution in [1.29, 1.82) is 0 Å². The molecule has 1 heterocycles. The molecule has 2 heteroatoms. The van der Waals surface area contributed by atoms with Gasteiger partial charge in [0.05, 0.1) is 0 Å². The molecule has 0 saturated carbocycles. The molecule has 110 valence electrons. The molecule has 1 aliphatic heterocycles. The third-order valence-corrected chi connectivity index (χ3v) is 6.86. The first-order valence-corrected chi connectivity index (χ1v) is 8.61. The molecule has 1 aliphatic rings. The van der Waals surface area contributed by atoms with Gasteiger partial charge in [-0.05, 0) is 16.2 Å². The summed E-state index contributed by atoms with van der Waals surface area (Å²) in [5.41, 5.74) is 1.60. The van der Waals surface area contributed by atoms with Crippen LogP contribution in [0.1, 0.15) is 68.2 Å². The monoisotopic (exact) mass is 262 g/mol. The fourth-order valence-electron chi connectivity index (χ4n) is 4.28. The van der Waals surface area contributed by atoms with Crippen LogP contribution in [0.5, 0.6) is 0 Å². The van der Waals surface area contributed by atoms with Crippen LogP contribution in [0.15, 0.2) is 0 Å². The molecule has 1 unspecified atom stereocenters. The van der Waals surface area contributed by atoms with Gasteiger partial charge in [-0.1, -0.05) is 93.5 Å². The lowest BCUT2D eigenvalue weighted by Crippen LogP contribution is -2.37. The van der Waals surface area contributed by atoms with E-state index < -0.39 is 0 Å². The van der Waals surface area contributed by atoms with Crippen LogP contribution in [-0.4, -0.2) is 13.2 Å². The minimum absolute atomic E-state index is 0.524. The van der Waals surface area contributed by atoms with Crippen molar-refractivity contribution >= 4 is 13.2 Å². The number of hydrogen-bond donors (Lipinski definition) is 0. The smallest absolute Gasteiger partial charge is 0.0831 e. The molecule has 1 atom stereocenters. The Balaban J connectivity index is 2.80. The highest BCUT2D eigenvalue weighted by Gasteiger charge is 2.51. The van der Waals surface area contributed by atoms with Crippen molar-refractivity contribution in [2.75, 3.05) is 0 Å². The lowest BCUT2D eigenvalue weighted by Gasteiger charge is -2.38. The average Bonchev–Trinajstić information content (AvgIpc) is 2.58. The Labute approximate surface area is 123 Å². The molecule has 1 saturated heterocycles. The molecule has 0 aromatic carbocycles. The van der Waals surface area contributed by atoms with Crippen LogP contribution < -0.4 is 0 Å². The van der Waals surface area contributed by atoms with Gasteiger partial charge in [0.25, 0.3) is 0 Å². The first kappa shape index (κ1) is 17.2. The van der Waals surface area contributed by atoms with E-state index in [0.717, 1.165) is 13.2 Å². The van der Waals surface area contributed by atoms with E-state index in [1.807, 2.05) is 0 Å². The third-order valence-electron chi connectivity index (χ3n) is 6.86. The van der Waals surface area contributed by atoms with Gasteiger partial charge in [-0.15, -0.1) is 0 Å². The highest BCUT2D eigenvalue weighted by molar-refractivity contribution is 7.22. The summed E-state index contributed by atoms with van der Waals surface area (Å²) in [5.74, 6) is 0. The zero-order valence-electron chi connectivity index (χ0n) is 14.9. The van der Waals surface area contributed by atoms with E-state index in [0.29, 0.717) is 16.2 Å². The number of rotatable bonds is 6. The van der Waals surface area contributed by atoms with E-state index in [9.17, 15) is 0 Å². The highest BCUT2D eigenvalue weighted by atomic mass is 14.4. The summed E-state index contributed by atoms with van der Waals surface area (Å²) in [7, 11) is 0. The van der Waals surface area contributed by atoms with Gasteiger partial charge in [-0.2, -0.15) is 0 Å². The quantitative estimate of drug-likeness (QED) is 0.517. The van der Waals surface area contributed by atoms with E-state index in [1.165, 1.54) is 38.1 Å². The Bertz CT molecular complexity index is 296. The summed E-state index contributed by atoms with van der Waals surface area (Å²) in [6.45, 7) is 21.5. The first-order chi connectivity index (χ1) is 8.61. The van der Waals surface area contributed by atoms with Crippen LogP contribution in [-0.2, 0) is 0 Å². The maximum absolute atomic E-state index is 2.53. The molecule has 0 amide bonds. The van der Waals surface area contributed by atoms with E-state index in [-0.39, 0.29) is 0 Å². The fourth-order valence-corrected chi connectivity index (χ4v) is 4.28. The molecule has 1 rings (SSSR count).